The molecule has 0 aromatic heterocycles. The second-order valence-corrected chi connectivity index (χ2v) is 6.30. The summed E-state index contributed by atoms with van der Waals surface area (Å²) in [7, 11) is 0. The molecule has 0 spiro atoms. The Kier molecular flexibility index (Phi) is 6.87. The van der Waals surface area contributed by atoms with Gasteiger partial charge in [-0.25, -0.2) is 0 Å². The van der Waals surface area contributed by atoms with Crippen LogP contribution in [0.2, 0.25) is 0 Å². The maximum absolute atomic E-state index is 12.0. The molecule has 0 bridgehead atoms. The molecule has 2 aromatic rings. The third-order valence-corrected chi connectivity index (χ3v) is 3.58. The zero-order valence-corrected chi connectivity index (χ0v) is 15.2. The van der Waals surface area contributed by atoms with Crippen molar-refractivity contribution in [3.63, 3.8) is 0 Å². The lowest BCUT2D eigenvalue weighted by Gasteiger charge is -2.10. The van der Waals surface area contributed by atoms with Crippen molar-refractivity contribution < 1.29 is 14.5 Å². The molecular formula is C19H22N4O4. The quantitative estimate of drug-likeness (QED) is 0.488. The molecule has 8 heteroatoms. The average molecular weight is 370 g/mol. The second-order valence-electron chi connectivity index (χ2n) is 6.30. The highest BCUT2D eigenvalue weighted by Gasteiger charge is 2.07. The van der Waals surface area contributed by atoms with Gasteiger partial charge in [-0.3, -0.25) is 19.7 Å². The van der Waals surface area contributed by atoms with Crippen molar-refractivity contribution in [1.29, 1.82) is 0 Å². The largest absolute Gasteiger partial charge is 0.376 e. The van der Waals surface area contributed by atoms with E-state index in [1.165, 1.54) is 24.3 Å². The molecule has 0 aliphatic carbocycles. The van der Waals surface area contributed by atoms with Crippen molar-refractivity contribution in [3.8, 4) is 0 Å². The number of hydrogen-bond acceptors (Lipinski definition) is 5. The molecule has 2 aromatic carbocycles. The molecule has 0 radical (unpaired) electrons. The van der Waals surface area contributed by atoms with Crippen LogP contribution in [0.25, 0.3) is 0 Å². The van der Waals surface area contributed by atoms with E-state index in [2.05, 4.69) is 16.0 Å². The number of nitro groups is 1. The van der Waals surface area contributed by atoms with Crippen LogP contribution in [-0.2, 0) is 16.0 Å². The summed E-state index contributed by atoms with van der Waals surface area (Å²) in [5, 5.41) is 19.1. The van der Waals surface area contributed by atoms with Crippen molar-refractivity contribution in [2.75, 3.05) is 17.2 Å². The van der Waals surface area contributed by atoms with Gasteiger partial charge in [-0.2, -0.15) is 0 Å². The highest BCUT2D eigenvalue weighted by molar-refractivity contribution is 5.93. The van der Waals surface area contributed by atoms with Crippen LogP contribution in [-0.4, -0.2) is 29.3 Å². The molecule has 0 fully saturated rings. The second kappa shape index (κ2) is 9.33. The van der Waals surface area contributed by atoms with E-state index in [-0.39, 0.29) is 30.1 Å². The minimum absolute atomic E-state index is 0.0340. The molecule has 27 heavy (non-hydrogen) atoms. The number of non-ortho nitro benzene ring substituents is 1. The fraction of sp³-hybridized carbons (Fsp3) is 0.263. The highest BCUT2D eigenvalue weighted by atomic mass is 16.6. The molecule has 2 amide bonds. The van der Waals surface area contributed by atoms with Crippen LogP contribution in [0.4, 0.5) is 17.1 Å². The first-order chi connectivity index (χ1) is 12.8. The van der Waals surface area contributed by atoms with Gasteiger partial charge in [0.2, 0.25) is 11.8 Å². The number of benzene rings is 2. The third kappa shape index (κ3) is 6.77. The van der Waals surface area contributed by atoms with E-state index in [0.29, 0.717) is 12.1 Å². The van der Waals surface area contributed by atoms with Crippen LogP contribution < -0.4 is 16.0 Å². The number of nitrogens with one attached hydrogen (secondary N) is 3. The van der Waals surface area contributed by atoms with Gasteiger partial charge in [-0.05, 0) is 43.7 Å². The molecule has 0 unspecified atom stereocenters. The fourth-order valence-corrected chi connectivity index (χ4v) is 2.35. The number of hydrogen-bond donors (Lipinski definition) is 3. The maximum atomic E-state index is 12.0. The van der Waals surface area contributed by atoms with Crippen LogP contribution in [0, 0.1) is 10.1 Å². The zero-order valence-electron chi connectivity index (χ0n) is 15.2. The van der Waals surface area contributed by atoms with Crippen LogP contribution >= 0.6 is 0 Å². The lowest BCUT2D eigenvalue weighted by atomic mass is 10.1. The number of carbonyl (C=O) groups is 2. The Bertz CT molecular complexity index is 801. The smallest absolute Gasteiger partial charge is 0.269 e. The summed E-state index contributed by atoms with van der Waals surface area (Å²) in [6.07, 6.45) is 0.305. The van der Waals surface area contributed by atoms with Gasteiger partial charge in [0.15, 0.2) is 0 Å². The molecule has 8 nitrogen and oxygen atoms in total. The van der Waals surface area contributed by atoms with E-state index >= 15 is 0 Å². The summed E-state index contributed by atoms with van der Waals surface area (Å²) in [5.41, 5.74) is 2.09. The van der Waals surface area contributed by atoms with Crippen LogP contribution in [0.5, 0.6) is 0 Å². The van der Waals surface area contributed by atoms with Gasteiger partial charge < -0.3 is 16.0 Å². The summed E-state index contributed by atoms with van der Waals surface area (Å²) in [6.45, 7) is 3.86. The summed E-state index contributed by atoms with van der Waals surface area (Å²) >= 11 is 0. The zero-order chi connectivity index (χ0) is 19.8. The van der Waals surface area contributed by atoms with E-state index in [1.807, 2.05) is 26.0 Å². The number of rotatable bonds is 8. The number of nitrogens with zero attached hydrogens (tertiary/aromatic N) is 1. The van der Waals surface area contributed by atoms with Gasteiger partial charge in [0.25, 0.3) is 5.69 Å². The van der Waals surface area contributed by atoms with Gasteiger partial charge in [0.1, 0.15) is 0 Å². The Morgan fingerprint density at radius 2 is 1.56 bits per heavy atom. The van der Waals surface area contributed by atoms with Crippen molar-refractivity contribution >= 4 is 28.9 Å². The minimum Gasteiger partial charge on any atom is -0.376 e. The predicted octanol–water partition coefficient (Wildman–Crippen LogP) is 2.71. The van der Waals surface area contributed by atoms with Gasteiger partial charge in [0, 0.05) is 29.5 Å². The van der Waals surface area contributed by atoms with Crippen molar-refractivity contribution in [2.45, 2.75) is 26.3 Å². The standard InChI is InChI=1S/C19H22N4O4/c1-13(2)21-18(24)11-14-3-5-15(6-4-14)20-12-19(25)22-16-7-9-17(10-8-16)23(26)27/h3-10,13,20H,11-12H2,1-2H3,(H,21,24)(H,22,25). The average Bonchev–Trinajstić information content (AvgIpc) is 2.61. The van der Waals surface area contributed by atoms with E-state index < -0.39 is 4.92 Å². The Balaban J connectivity index is 1.81. The maximum Gasteiger partial charge on any atom is 0.269 e. The summed E-state index contributed by atoms with van der Waals surface area (Å²) in [6, 6.07) is 13.0. The Hall–Kier alpha value is -3.42. The van der Waals surface area contributed by atoms with Gasteiger partial charge in [-0.1, -0.05) is 12.1 Å². The third-order valence-electron chi connectivity index (χ3n) is 3.58. The molecule has 0 saturated carbocycles. The van der Waals surface area contributed by atoms with Crippen LogP contribution in [0.1, 0.15) is 19.4 Å². The van der Waals surface area contributed by atoms with Crippen molar-refractivity contribution in [3.05, 3.63) is 64.2 Å². The van der Waals surface area contributed by atoms with Crippen molar-refractivity contribution in [1.82, 2.24) is 5.32 Å². The Morgan fingerprint density at radius 1 is 0.963 bits per heavy atom. The number of carbonyl (C=O) groups excluding carboxylic acids is 2. The predicted molar refractivity (Wildman–Crippen MR) is 104 cm³/mol. The first-order valence-corrected chi connectivity index (χ1v) is 8.50. The van der Waals surface area contributed by atoms with Crippen LogP contribution in [0.3, 0.4) is 0 Å². The normalized spacial score (nSPS) is 10.3. The number of anilines is 2. The number of amides is 2. The van der Waals surface area contributed by atoms with Crippen molar-refractivity contribution in [2.24, 2.45) is 0 Å². The Morgan fingerprint density at radius 3 is 2.11 bits per heavy atom. The topological polar surface area (TPSA) is 113 Å². The highest BCUT2D eigenvalue weighted by Crippen LogP contribution is 2.15. The molecular weight excluding hydrogens is 348 g/mol. The molecule has 0 atom stereocenters. The number of nitro benzene ring substituents is 1. The summed E-state index contributed by atoms with van der Waals surface area (Å²) in [4.78, 5) is 33.8. The first kappa shape index (κ1) is 19.9. The molecule has 2 rings (SSSR count). The molecule has 3 N–H and O–H groups in total. The molecule has 0 aliphatic heterocycles. The summed E-state index contributed by atoms with van der Waals surface area (Å²) in [5.74, 6) is -0.308. The van der Waals surface area contributed by atoms with Crippen LogP contribution in [0.15, 0.2) is 48.5 Å². The van der Waals surface area contributed by atoms with Gasteiger partial charge >= 0.3 is 0 Å². The lowest BCUT2D eigenvalue weighted by Crippen LogP contribution is -2.31. The molecule has 0 heterocycles. The Labute approximate surface area is 157 Å². The molecule has 0 saturated heterocycles. The monoisotopic (exact) mass is 370 g/mol. The SMILES string of the molecule is CC(C)NC(=O)Cc1ccc(NCC(=O)Nc2ccc([N+](=O)[O-])cc2)cc1. The van der Waals surface area contributed by atoms with E-state index in [0.717, 1.165) is 11.3 Å². The van der Waals surface area contributed by atoms with Gasteiger partial charge in [0.05, 0.1) is 17.9 Å². The first-order valence-electron chi connectivity index (χ1n) is 8.50. The lowest BCUT2D eigenvalue weighted by molar-refractivity contribution is -0.384. The van der Waals surface area contributed by atoms with E-state index in [9.17, 15) is 19.7 Å². The fourth-order valence-electron chi connectivity index (χ4n) is 2.35. The van der Waals surface area contributed by atoms with E-state index in [4.69, 9.17) is 0 Å². The van der Waals surface area contributed by atoms with Gasteiger partial charge in [-0.15, -0.1) is 0 Å². The van der Waals surface area contributed by atoms with E-state index in [1.54, 1.807) is 12.1 Å². The minimum atomic E-state index is -0.497. The molecule has 0 aliphatic rings. The summed E-state index contributed by atoms with van der Waals surface area (Å²) < 4.78 is 0. The molecule has 142 valence electrons.